The molecule has 2 rings (SSSR count). The number of nitrogens with zero attached hydrogens (tertiary/aromatic N) is 2. The molecule has 0 bridgehead atoms. The minimum absolute atomic E-state index is 0.0445. The van der Waals surface area contributed by atoms with Crippen LogP contribution in [-0.4, -0.2) is 41.5 Å². The van der Waals surface area contributed by atoms with Gasteiger partial charge < -0.3 is 11.1 Å². The van der Waals surface area contributed by atoms with E-state index in [9.17, 15) is 4.79 Å². The Morgan fingerprint density at radius 3 is 2.76 bits per heavy atom. The number of carbonyl (C=O) groups excluding carboxylic acids is 1. The highest BCUT2D eigenvalue weighted by Gasteiger charge is 2.25. The lowest BCUT2D eigenvalue weighted by Crippen LogP contribution is -2.45. The molecule has 0 aliphatic carbocycles. The van der Waals surface area contributed by atoms with E-state index in [2.05, 4.69) is 29.0 Å². The molecule has 0 saturated carbocycles. The average Bonchev–Trinajstić information content (AvgIpc) is 3.01. The third-order valence-corrected chi connectivity index (χ3v) is 4.14. The van der Waals surface area contributed by atoms with Gasteiger partial charge in [0.15, 0.2) is 0 Å². The molecule has 1 unspecified atom stereocenters. The molecule has 1 aromatic heterocycles. The van der Waals surface area contributed by atoms with Crippen LogP contribution >= 0.6 is 0 Å². The molecular formula is C16H26N4O. The van der Waals surface area contributed by atoms with Gasteiger partial charge in [-0.15, -0.1) is 0 Å². The molecule has 1 aliphatic rings. The molecule has 21 heavy (non-hydrogen) atoms. The number of amides is 1. The maximum absolute atomic E-state index is 12.3. The molecular weight excluding hydrogens is 264 g/mol. The molecule has 3 N–H and O–H groups in total. The van der Waals surface area contributed by atoms with Gasteiger partial charge in [0.2, 0.25) is 0 Å². The van der Waals surface area contributed by atoms with E-state index in [0.717, 1.165) is 18.8 Å². The fourth-order valence-corrected chi connectivity index (χ4v) is 2.89. The van der Waals surface area contributed by atoms with Crippen molar-refractivity contribution >= 4 is 5.91 Å². The number of likely N-dealkylation sites (tertiary alicyclic amines) is 1. The Hall–Kier alpha value is -1.46. The molecule has 5 heteroatoms. The van der Waals surface area contributed by atoms with E-state index >= 15 is 0 Å². The predicted octanol–water partition coefficient (Wildman–Crippen LogP) is 1.39. The summed E-state index contributed by atoms with van der Waals surface area (Å²) >= 11 is 0. The van der Waals surface area contributed by atoms with Gasteiger partial charge in [-0.05, 0) is 44.0 Å². The topological polar surface area (TPSA) is 71.2 Å². The number of rotatable bonds is 6. The second kappa shape index (κ2) is 7.52. The van der Waals surface area contributed by atoms with Gasteiger partial charge in [-0.1, -0.05) is 13.8 Å². The molecule has 5 nitrogen and oxygen atoms in total. The molecule has 0 spiro atoms. The molecule has 1 amide bonds. The molecule has 1 aliphatic heterocycles. The summed E-state index contributed by atoms with van der Waals surface area (Å²) < 4.78 is 0. The maximum Gasteiger partial charge on any atom is 0.251 e. The fourth-order valence-electron chi connectivity index (χ4n) is 2.89. The summed E-state index contributed by atoms with van der Waals surface area (Å²) in [7, 11) is 0. The quantitative estimate of drug-likeness (QED) is 0.830. The first-order valence-electron chi connectivity index (χ1n) is 7.79. The van der Waals surface area contributed by atoms with E-state index in [1.165, 1.54) is 12.8 Å². The van der Waals surface area contributed by atoms with E-state index in [1.807, 2.05) is 0 Å². The first kappa shape index (κ1) is 15.9. The van der Waals surface area contributed by atoms with E-state index in [1.54, 1.807) is 18.3 Å². The summed E-state index contributed by atoms with van der Waals surface area (Å²) in [6.07, 6.45) is 4.17. The molecule has 0 aromatic carbocycles. The first-order chi connectivity index (χ1) is 10.1. The Morgan fingerprint density at radius 2 is 2.14 bits per heavy atom. The Kier molecular flexibility index (Phi) is 5.70. The molecule has 2 heterocycles. The molecule has 116 valence electrons. The third-order valence-electron chi connectivity index (χ3n) is 4.14. The van der Waals surface area contributed by atoms with Crippen molar-refractivity contribution < 1.29 is 4.79 Å². The van der Waals surface area contributed by atoms with Gasteiger partial charge in [0.1, 0.15) is 0 Å². The summed E-state index contributed by atoms with van der Waals surface area (Å²) in [4.78, 5) is 18.9. The number of aromatic nitrogens is 1. The summed E-state index contributed by atoms with van der Waals surface area (Å²) in [5.74, 6) is 0.484. The van der Waals surface area contributed by atoms with Gasteiger partial charge >= 0.3 is 0 Å². The van der Waals surface area contributed by atoms with E-state index in [-0.39, 0.29) is 5.91 Å². The molecule has 1 atom stereocenters. The monoisotopic (exact) mass is 290 g/mol. The van der Waals surface area contributed by atoms with Gasteiger partial charge in [-0.2, -0.15) is 0 Å². The van der Waals surface area contributed by atoms with Crippen molar-refractivity contribution in [3.05, 3.63) is 29.6 Å². The Balaban J connectivity index is 1.94. The van der Waals surface area contributed by atoms with E-state index in [0.29, 0.717) is 30.6 Å². The minimum atomic E-state index is -0.0445. The number of hydrogen-bond acceptors (Lipinski definition) is 4. The van der Waals surface area contributed by atoms with Crippen molar-refractivity contribution in [2.45, 2.75) is 39.3 Å². The highest BCUT2D eigenvalue weighted by Crippen LogP contribution is 2.17. The van der Waals surface area contributed by atoms with Gasteiger partial charge in [-0.3, -0.25) is 14.7 Å². The Bertz CT molecular complexity index is 469. The third kappa shape index (κ3) is 4.25. The largest absolute Gasteiger partial charge is 0.350 e. The highest BCUT2D eigenvalue weighted by molar-refractivity contribution is 5.94. The van der Waals surface area contributed by atoms with Crippen LogP contribution in [0.1, 0.15) is 42.7 Å². The Labute approximate surface area is 126 Å². The number of carbonyl (C=O) groups is 1. The second-order valence-corrected chi connectivity index (χ2v) is 6.00. The lowest BCUT2D eigenvalue weighted by Gasteiger charge is -2.31. The van der Waals surface area contributed by atoms with Crippen molar-refractivity contribution in [2.24, 2.45) is 11.7 Å². The second-order valence-electron chi connectivity index (χ2n) is 6.00. The smallest absolute Gasteiger partial charge is 0.251 e. The van der Waals surface area contributed by atoms with Crippen LogP contribution in [0.5, 0.6) is 0 Å². The zero-order chi connectivity index (χ0) is 15.2. The van der Waals surface area contributed by atoms with Crippen LogP contribution in [0.4, 0.5) is 0 Å². The number of hydrogen-bond donors (Lipinski definition) is 2. The number of nitrogens with one attached hydrogen (secondary N) is 1. The zero-order valence-corrected chi connectivity index (χ0v) is 13.0. The van der Waals surface area contributed by atoms with Crippen molar-refractivity contribution in [3.63, 3.8) is 0 Å². The van der Waals surface area contributed by atoms with Gasteiger partial charge in [0.25, 0.3) is 5.91 Å². The predicted molar refractivity (Wildman–Crippen MR) is 83.9 cm³/mol. The maximum atomic E-state index is 12.3. The minimum Gasteiger partial charge on any atom is -0.350 e. The van der Waals surface area contributed by atoms with Crippen molar-refractivity contribution in [2.75, 3.05) is 19.6 Å². The normalized spacial score (nSPS) is 17.1. The van der Waals surface area contributed by atoms with Crippen molar-refractivity contribution in [1.29, 1.82) is 0 Å². The van der Waals surface area contributed by atoms with E-state index in [4.69, 9.17) is 5.73 Å². The molecule has 0 radical (unpaired) electrons. The lowest BCUT2D eigenvalue weighted by molar-refractivity contribution is 0.0927. The SMILES string of the molecule is CC(C)C(CNC(=O)c1ccnc(CN)c1)N1CCCC1. The van der Waals surface area contributed by atoms with Crippen molar-refractivity contribution in [1.82, 2.24) is 15.2 Å². The fraction of sp³-hybridized carbons (Fsp3) is 0.625. The van der Waals surface area contributed by atoms with Crippen LogP contribution in [0.2, 0.25) is 0 Å². The van der Waals surface area contributed by atoms with Crippen molar-refractivity contribution in [3.8, 4) is 0 Å². The molecule has 1 aromatic rings. The molecule has 1 fully saturated rings. The van der Waals surface area contributed by atoms with Gasteiger partial charge in [0, 0.05) is 30.9 Å². The van der Waals surface area contributed by atoms with Crippen LogP contribution in [0, 0.1) is 5.92 Å². The summed E-state index contributed by atoms with van der Waals surface area (Å²) in [6.45, 7) is 7.76. The summed E-state index contributed by atoms with van der Waals surface area (Å²) in [6, 6.07) is 3.90. The zero-order valence-electron chi connectivity index (χ0n) is 13.0. The van der Waals surface area contributed by atoms with Crippen LogP contribution in [-0.2, 0) is 6.54 Å². The first-order valence-corrected chi connectivity index (χ1v) is 7.79. The van der Waals surface area contributed by atoms with Crippen LogP contribution in [0.25, 0.3) is 0 Å². The average molecular weight is 290 g/mol. The highest BCUT2D eigenvalue weighted by atomic mass is 16.1. The van der Waals surface area contributed by atoms with Crippen LogP contribution in [0.15, 0.2) is 18.3 Å². The van der Waals surface area contributed by atoms with E-state index < -0.39 is 0 Å². The molecule has 1 saturated heterocycles. The van der Waals surface area contributed by atoms with Gasteiger partial charge in [0.05, 0.1) is 5.69 Å². The van der Waals surface area contributed by atoms with Crippen LogP contribution < -0.4 is 11.1 Å². The Morgan fingerprint density at radius 1 is 1.43 bits per heavy atom. The summed E-state index contributed by atoms with van der Waals surface area (Å²) in [5, 5.41) is 3.06. The summed E-state index contributed by atoms with van der Waals surface area (Å²) in [5.41, 5.74) is 6.93. The number of pyridine rings is 1. The lowest BCUT2D eigenvalue weighted by atomic mass is 10.0. The van der Waals surface area contributed by atoms with Gasteiger partial charge in [-0.25, -0.2) is 0 Å². The standard InChI is InChI=1S/C16H26N4O/c1-12(2)15(20-7-3-4-8-20)11-19-16(21)13-5-6-18-14(9-13)10-17/h5-6,9,12,15H,3-4,7-8,10-11,17H2,1-2H3,(H,19,21). The number of nitrogens with two attached hydrogens (primary N) is 1. The van der Waals surface area contributed by atoms with Crippen LogP contribution in [0.3, 0.4) is 0 Å².